The second kappa shape index (κ2) is 7.75. The molecular weight excluding hydrogens is 356 g/mol. The van der Waals surface area contributed by atoms with Crippen molar-refractivity contribution < 1.29 is 0 Å². The molecule has 138 valence electrons. The molecule has 0 saturated carbocycles. The molecular formula is C22H23ClN4. The van der Waals surface area contributed by atoms with Crippen LogP contribution in [0, 0.1) is 0 Å². The van der Waals surface area contributed by atoms with Gasteiger partial charge in [-0.15, -0.1) is 0 Å². The number of fused-ring (bicyclic) bond motifs is 1. The second-order valence-electron chi connectivity index (χ2n) is 7.34. The summed E-state index contributed by atoms with van der Waals surface area (Å²) in [6.45, 7) is 6.97. The normalized spacial score (nSPS) is 14.4. The van der Waals surface area contributed by atoms with Crippen molar-refractivity contribution >= 4 is 11.6 Å². The number of benzene rings is 1. The molecule has 0 atom stereocenters. The Morgan fingerprint density at radius 3 is 2.67 bits per heavy atom. The Bertz CT molecular complexity index is 937. The molecule has 1 aromatic carbocycles. The summed E-state index contributed by atoms with van der Waals surface area (Å²) in [5.41, 5.74) is 5.57. The summed E-state index contributed by atoms with van der Waals surface area (Å²) < 4.78 is 0. The third kappa shape index (κ3) is 4.18. The maximum absolute atomic E-state index is 5.99. The molecule has 0 bridgehead atoms. The van der Waals surface area contributed by atoms with Crippen LogP contribution in [0.3, 0.4) is 0 Å². The Morgan fingerprint density at radius 1 is 1.07 bits per heavy atom. The van der Waals surface area contributed by atoms with Crippen molar-refractivity contribution in [1.82, 2.24) is 19.9 Å². The maximum atomic E-state index is 5.99. The van der Waals surface area contributed by atoms with Gasteiger partial charge in [0.2, 0.25) is 0 Å². The first-order valence-electron chi connectivity index (χ1n) is 9.37. The molecule has 0 aliphatic carbocycles. The van der Waals surface area contributed by atoms with Gasteiger partial charge in [-0.3, -0.25) is 9.88 Å². The van der Waals surface area contributed by atoms with E-state index in [9.17, 15) is 0 Å². The summed E-state index contributed by atoms with van der Waals surface area (Å²) in [6, 6.07) is 14.0. The van der Waals surface area contributed by atoms with Crippen LogP contribution in [-0.2, 0) is 19.5 Å². The molecule has 0 saturated heterocycles. The Hall–Kier alpha value is -2.30. The van der Waals surface area contributed by atoms with Crippen LogP contribution in [0.25, 0.3) is 11.3 Å². The van der Waals surface area contributed by atoms with Crippen LogP contribution in [0.5, 0.6) is 0 Å². The van der Waals surface area contributed by atoms with Crippen LogP contribution >= 0.6 is 11.6 Å². The third-order valence-corrected chi connectivity index (χ3v) is 5.13. The minimum atomic E-state index is 0.369. The number of aromatic nitrogens is 3. The lowest BCUT2D eigenvalue weighted by Crippen LogP contribution is -2.31. The second-order valence-corrected chi connectivity index (χ2v) is 7.77. The van der Waals surface area contributed by atoms with E-state index in [0.29, 0.717) is 5.92 Å². The SMILES string of the molecule is CC(C)c1ncc2c(n1)CCN(Cc1cccc(-c3ccc(Cl)cc3)n1)C2. The molecule has 1 aliphatic rings. The lowest BCUT2D eigenvalue weighted by Gasteiger charge is -2.28. The fourth-order valence-electron chi connectivity index (χ4n) is 3.38. The minimum Gasteiger partial charge on any atom is -0.293 e. The van der Waals surface area contributed by atoms with Gasteiger partial charge in [0.1, 0.15) is 5.82 Å². The molecule has 4 nitrogen and oxygen atoms in total. The molecule has 5 heteroatoms. The maximum Gasteiger partial charge on any atom is 0.131 e. The first-order chi connectivity index (χ1) is 13.1. The lowest BCUT2D eigenvalue weighted by molar-refractivity contribution is 0.239. The van der Waals surface area contributed by atoms with Gasteiger partial charge >= 0.3 is 0 Å². The fraction of sp³-hybridized carbons (Fsp3) is 0.318. The number of rotatable bonds is 4. The van der Waals surface area contributed by atoms with Gasteiger partial charge < -0.3 is 0 Å². The third-order valence-electron chi connectivity index (χ3n) is 4.88. The number of pyridine rings is 1. The first kappa shape index (κ1) is 18.1. The van der Waals surface area contributed by atoms with E-state index in [-0.39, 0.29) is 0 Å². The molecule has 0 N–H and O–H groups in total. The average Bonchev–Trinajstić information content (AvgIpc) is 2.68. The van der Waals surface area contributed by atoms with Crippen LogP contribution in [0.15, 0.2) is 48.7 Å². The van der Waals surface area contributed by atoms with Gasteiger partial charge in [-0.1, -0.05) is 43.6 Å². The summed E-state index contributed by atoms with van der Waals surface area (Å²) in [6.07, 6.45) is 2.97. The van der Waals surface area contributed by atoms with E-state index >= 15 is 0 Å². The molecule has 27 heavy (non-hydrogen) atoms. The van der Waals surface area contributed by atoms with E-state index in [1.54, 1.807) is 0 Å². The number of halogens is 1. The van der Waals surface area contributed by atoms with E-state index in [2.05, 4.69) is 35.9 Å². The Kier molecular flexibility index (Phi) is 5.19. The molecule has 3 heterocycles. The summed E-state index contributed by atoms with van der Waals surface area (Å²) in [5, 5.41) is 0.740. The Morgan fingerprint density at radius 2 is 1.89 bits per heavy atom. The van der Waals surface area contributed by atoms with Crippen LogP contribution < -0.4 is 0 Å². The molecule has 0 unspecified atom stereocenters. The summed E-state index contributed by atoms with van der Waals surface area (Å²) in [5.74, 6) is 1.31. The molecule has 2 aromatic heterocycles. The smallest absolute Gasteiger partial charge is 0.131 e. The summed E-state index contributed by atoms with van der Waals surface area (Å²) >= 11 is 5.99. The van der Waals surface area contributed by atoms with Crippen molar-refractivity contribution in [3.8, 4) is 11.3 Å². The minimum absolute atomic E-state index is 0.369. The summed E-state index contributed by atoms with van der Waals surface area (Å²) in [7, 11) is 0. The Balaban J connectivity index is 1.49. The van der Waals surface area contributed by atoms with Gasteiger partial charge in [0.25, 0.3) is 0 Å². The van der Waals surface area contributed by atoms with Gasteiger partial charge in [-0.25, -0.2) is 9.97 Å². The first-order valence-corrected chi connectivity index (χ1v) is 9.75. The monoisotopic (exact) mass is 378 g/mol. The van der Waals surface area contributed by atoms with Gasteiger partial charge in [-0.05, 0) is 24.3 Å². The number of hydrogen-bond donors (Lipinski definition) is 0. The van der Waals surface area contributed by atoms with E-state index in [4.69, 9.17) is 21.6 Å². The zero-order valence-corrected chi connectivity index (χ0v) is 16.4. The number of hydrogen-bond acceptors (Lipinski definition) is 4. The van der Waals surface area contributed by atoms with Gasteiger partial charge in [-0.2, -0.15) is 0 Å². The summed E-state index contributed by atoms with van der Waals surface area (Å²) in [4.78, 5) is 16.5. The largest absolute Gasteiger partial charge is 0.293 e. The topological polar surface area (TPSA) is 41.9 Å². The Labute approximate surface area is 165 Å². The molecule has 0 fully saturated rings. The lowest BCUT2D eigenvalue weighted by atomic mass is 10.1. The van der Waals surface area contributed by atoms with Crippen molar-refractivity contribution in [3.05, 3.63) is 76.5 Å². The highest BCUT2D eigenvalue weighted by Gasteiger charge is 2.19. The van der Waals surface area contributed by atoms with Crippen LogP contribution in [0.2, 0.25) is 5.02 Å². The molecule has 1 aliphatic heterocycles. The van der Waals surface area contributed by atoms with Crippen molar-refractivity contribution in [2.24, 2.45) is 0 Å². The van der Waals surface area contributed by atoms with Gasteiger partial charge in [0.05, 0.1) is 11.4 Å². The number of nitrogens with zero attached hydrogens (tertiary/aromatic N) is 4. The zero-order chi connectivity index (χ0) is 18.8. The fourth-order valence-corrected chi connectivity index (χ4v) is 3.51. The van der Waals surface area contributed by atoms with Crippen LogP contribution in [0.1, 0.15) is 42.5 Å². The van der Waals surface area contributed by atoms with Crippen molar-refractivity contribution in [2.75, 3.05) is 6.54 Å². The van der Waals surface area contributed by atoms with E-state index in [0.717, 1.165) is 53.9 Å². The average molecular weight is 379 g/mol. The van der Waals surface area contributed by atoms with Gasteiger partial charge in [0, 0.05) is 60.0 Å². The van der Waals surface area contributed by atoms with Crippen LogP contribution in [0.4, 0.5) is 0 Å². The van der Waals surface area contributed by atoms with Crippen LogP contribution in [-0.4, -0.2) is 26.4 Å². The van der Waals surface area contributed by atoms with Crippen molar-refractivity contribution in [1.29, 1.82) is 0 Å². The molecule has 4 rings (SSSR count). The zero-order valence-electron chi connectivity index (χ0n) is 15.7. The van der Waals surface area contributed by atoms with E-state index < -0.39 is 0 Å². The molecule has 3 aromatic rings. The molecule has 0 radical (unpaired) electrons. The highest BCUT2D eigenvalue weighted by Crippen LogP contribution is 2.22. The predicted octanol–water partition coefficient (Wildman–Crippen LogP) is 4.87. The highest BCUT2D eigenvalue weighted by atomic mass is 35.5. The van der Waals surface area contributed by atoms with Crippen molar-refractivity contribution in [2.45, 2.75) is 39.3 Å². The highest BCUT2D eigenvalue weighted by molar-refractivity contribution is 6.30. The molecule has 0 spiro atoms. The predicted molar refractivity (Wildman–Crippen MR) is 109 cm³/mol. The van der Waals surface area contributed by atoms with E-state index in [1.165, 1.54) is 11.3 Å². The quantitative estimate of drug-likeness (QED) is 0.649. The van der Waals surface area contributed by atoms with Crippen molar-refractivity contribution in [3.63, 3.8) is 0 Å². The van der Waals surface area contributed by atoms with E-state index in [1.807, 2.05) is 36.5 Å². The molecule has 0 amide bonds. The standard InChI is InChI=1S/C22H23ClN4/c1-15(2)22-24-12-17-13-27(11-10-21(17)26-22)14-19-4-3-5-20(25-19)16-6-8-18(23)9-7-16/h3-9,12,15H,10-11,13-14H2,1-2H3. The van der Waals surface area contributed by atoms with Gasteiger partial charge in [0.15, 0.2) is 0 Å².